The van der Waals surface area contributed by atoms with Crippen molar-refractivity contribution in [3.05, 3.63) is 29.8 Å². The molecular formula is C14H19ClO3. The van der Waals surface area contributed by atoms with Crippen LogP contribution in [0.5, 0.6) is 5.75 Å². The third-order valence-electron chi connectivity index (χ3n) is 2.68. The number of carbonyl (C=O) groups is 1. The lowest BCUT2D eigenvalue weighted by Gasteiger charge is -2.14. The van der Waals surface area contributed by atoms with Gasteiger partial charge >= 0.3 is 5.97 Å². The van der Waals surface area contributed by atoms with E-state index >= 15 is 0 Å². The van der Waals surface area contributed by atoms with Crippen LogP contribution in [0.15, 0.2) is 24.3 Å². The van der Waals surface area contributed by atoms with Crippen molar-refractivity contribution in [2.45, 2.75) is 38.2 Å². The molecule has 0 aliphatic rings. The molecule has 2 unspecified atom stereocenters. The van der Waals surface area contributed by atoms with E-state index in [4.69, 9.17) is 16.3 Å². The number of carbonyl (C=O) groups excluding carboxylic acids is 1. The molecule has 0 aliphatic carbocycles. The number of hydrogen-bond acceptors (Lipinski definition) is 3. The highest BCUT2D eigenvalue weighted by Crippen LogP contribution is 2.18. The molecule has 0 bridgehead atoms. The van der Waals surface area contributed by atoms with Gasteiger partial charge in [-0.05, 0) is 37.5 Å². The monoisotopic (exact) mass is 270 g/mol. The lowest BCUT2D eigenvalue weighted by molar-refractivity contribution is -0.140. The lowest BCUT2D eigenvalue weighted by atomic mass is 10.1. The van der Waals surface area contributed by atoms with Crippen molar-refractivity contribution >= 4 is 17.6 Å². The van der Waals surface area contributed by atoms with Crippen LogP contribution < -0.4 is 4.74 Å². The Morgan fingerprint density at radius 1 is 1.44 bits per heavy atom. The third-order valence-corrected chi connectivity index (χ3v) is 3.01. The van der Waals surface area contributed by atoms with Crippen LogP contribution in [-0.2, 0) is 16.0 Å². The Morgan fingerprint density at radius 3 is 2.78 bits per heavy atom. The van der Waals surface area contributed by atoms with Crippen molar-refractivity contribution in [3.63, 3.8) is 0 Å². The van der Waals surface area contributed by atoms with Gasteiger partial charge in [0, 0.05) is 0 Å². The van der Waals surface area contributed by atoms with Gasteiger partial charge in [0.05, 0.1) is 13.2 Å². The van der Waals surface area contributed by atoms with E-state index < -0.39 is 11.3 Å². The van der Waals surface area contributed by atoms with E-state index in [2.05, 4.69) is 11.7 Å². The summed E-state index contributed by atoms with van der Waals surface area (Å²) in [5.74, 6) is 0.389. The highest BCUT2D eigenvalue weighted by molar-refractivity contribution is 6.30. The van der Waals surface area contributed by atoms with Gasteiger partial charge in [-0.3, -0.25) is 4.79 Å². The molecule has 1 aromatic carbocycles. The van der Waals surface area contributed by atoms with Crippen molar-refractivity contribution in [2.75, 3.05) is 7.11 Å². The third kappa shape index (κ3) is 4.57. The molecule has 0 fully saturated rings. The summed E-state index contributed by atoms with van der Waals surface area (Å²) in [6.07, 6.45) is 1.56. The maximum absolute atomic E-state index is 11.2. The van der Waals surface area contributed by atoms with Gasteiger partial charge in [-0.2, -0.15) is 0 Å². The second-order valence-electron chi connectivity index (χ2n) is 4.18. The molecule has 0 N–H and O–H groups in total. The number of halogens is 1. The zero-order valence-electron chi connectivity index (χ0n) is 11.0. The van der Waals surface area contributed by atoms with Gasteiger partial charge in [-0.15, -0.1) is 11.6 Å². The molecule has 0 aromatic heterocycles. The molecule has 100 valence electrons. The van der Waals surface area contributed by atoms with E-state index in [0.29, 0.717) is 6.42 Å². The lowest BCUT2D eigenvalue weighted by Crippen LogP contribution is -2.18. The highest BCUT2D eigenvalue weighted by atomic mass is 35.5. The predicted octanol–water partition coefficient (Wildman–Crippen LogP) is 3.19. The molecule has 0 heterocycles. The topological polar surface area (TPSA) is 35.5 Å². The molecular weight excluding hydrogens is 252 g/mol. The highest BCUT2D eigenvalue weighted by Gasteiger charge is 2.16. The summed E-state index contributed by atoms with van der Waals surface area (Å²) in [5, 5.41) is -0.658. The maximum Gasteiger partial charge on any atom is 0.324 e. The van der Waals surface area contributed by atoms with Gasteiger partial charge in [-0.25, -0.2) is 0 Å². The van der Waals surface area contributed by atoms with E-state index in [1.165, 1.54) is 7.11 Å². The SMILES string of the molecule is CCC(C)Oc1cccc(CC(Cl)C(=O)OC)c1. The number of methoxy groups -OCH3 is 1. The fourth-order valence-corrected chi connectivity index (χ4v) is 1.75. The molecule has 4 heteroatoms. The van der Waals surface area contributed by atoms with Crippen molar-refractivity contribution in [1.82, 2.24) is 0 Å². The minimum Gasteiger partial charge on any atom is -0.491 e. The van der Waals surface area contributed by atoms with Crippen LogP contribution in [0, 0.1) is 0 Å². The summed E-state index contributed by atoms with van der Waals surface area (Å²) in [6, 6.07) is 7.62. The summed E-state index contributed by atoms with van der Waals surface area (Å²) in [7, 11) is 1.33. The summed E-state index contributed by atoms with van der Waals surface area (Å²) < 4.78 is 10.3. The Labute approximate surface area is 113 Å². The Hall–Kier alpha value is -1.22. The summed E-state index contributed by atoms with van der Waals surface area (Å²) in [6.45, 7) is 4.09. The van der Waals surface area contributed by atoms with E-state index in [9.17, 15) is 4.79 Å². The van der Waals surface area contributed by atoms with Crippen LogP contribution in [-0.4, -0.2) is 24.6 Å². The van der Waals surface area contributed by atoms with Gasteiger partial charge in [0.15, 0.2) is 0 Å². The molecule has 1 aromatic rings. The fourth-order valence-electron chi connectivity index (χ4n) is 1.48. The van der Waals surface area contributed by atoms with Gasteiger partial charge < -0.3 is 9.47 Å². The predicted molar refractivity (Wildman–Crippen MR) is 72.2 cm³/mol. The van der Waals surface area contributed by atoms with Gasteiger partial charge in [-0.1, -0.05) is 19.1 Å². The van der Waals surface area contributed by atoms with Crippen molar-refractivity contribution < 1.29 is 14.3 Å². The first-order chi connectivity index (χ1) is 8.56. The number of ether oxygens (including phenoxy) is 2. The van der Waals surface area contributed by atoms with E-state index in [0.717, 1.165) is 17.7 Å². The first-order valence-electron chi connectivity index (χ1n) is 6.04. The number of hydrogen-bond donors (Lipinski definition) is 0. The molecule has 0 saturated heterocycles. The maximum atomic E-state index is 11.2. The quantitative estimate of drug-likeness (QED) is 0.588. The summed E-state index contributed by atoms with van der Waals surface area (Å²) in [5.41, 5.74) is 0.959. The van der Waals surface area contributed by atoms with E-state index in [1.54, 1.807) is 0 Å². The molecule has 0 amide bonds. The van der Waals surface area contributed by atoms with Crippen LogP contribution in [0.4, 0.5) is 0 Å². The van der Waals surface area contributed by atoms with E-state index in [1.807, 2.05) is 31.2 Å². The number of alkyl halides is 1. The fraction of sp³-hybridized carbons (Fsp3) is 0.500. The molecule has 0 spiro atoms. The largest absolute Gasteiger partial charge is 0.491 e. The smallest absolute Gasteiger partial charge is 0.324 e. The van der Waals surface area contributed by atoms with Crippen LogP contribution in [0.3, 0.4) is 0 Å². The first-order valence-corrected chi connectivity index (χ1v) is 6.48. The van der Waals surface area contributed by atoms with E-state index in [-0.39, 0.29) is 6.10 Å². The Kier molecular flexibility index (Phi) is 5.99. The number of rotatable bonds is 6. The molecule has 1 rings (SSSR count). The van der Waals surface area contributed by atoms with Gasteiger partial charge in [0.25, 0.3) is 0 Å². The van der Waals surface area contributed by atoms with Crippen LogP contribution in [0.1, 0.15) is 25.8 Å². The normalized spacial score (nSPS) is 13.8. The average Bonchev–Trinajstić information content (AvgIpc) is 2.37. The van der Waals surface area contributed by atoms with Crippen molar-refractivity contribution in [3.8, 4) is 5.75 Å². The van der Waals surface area contributed by atoms with Crippen LogP contribution >= 0.6 is 11.6 Å². The average molecular weight is 271 g/mol. The Balaban J connectivity index is 2.67. The van der Waals surface area contributed by atoms with Gasteiger partial charge in [0.2, 0.25) is 0 Å². The minimum absolute atomic E-state index is 0.174. The van der Waals surface area contributed by atoms with Crippen molar-refractivity contribution in [2.24, 2.45) is 0 Å². The summed E-state index contributed by atoms with van der Waals surface area (Å²) in [4.78, 5) is 11.2. The molecule has 2 atom stereocenters. The van der Waals surface area contributed by atoms with Crippen molar-refractivity contribution in [1.29, 1.82) is 0 Å². The molecule has 3 nitrogen and oxygen atoms in total. The second kappa shape index (κ2) is 7.27. The first kappa shape index (κ1) is 14.8. The molecule has 0 aliphatic heterocycles. The van der Waals surface area contributed by atoms with Crippen LogP contribution in [0.25, 0.3) is 0 Å². The standard InChI is InChI=1S/C14H19ClO3/c1-4-10(2)18-12-7-5-6-11(8-12)9-13(15)14(16)17-3/h5-8,10,13H,4,9H2,1-3H3. The minimum atomic E-state index is -0.658. The summed E-state index contributed by atoms with van der Waals surface area (Å²) >= 11 is 5.94. The molecule has 0 radical (unpaired) electrons. The molecule has 18 heavy (non-hydrogen) atoms. The van der Waals surface area contributed by atoms with Crippen LogP contribution in [0.2, 0.25) is 0 Å². The van der Waals surface area contributed by atoms with Gasteiger partial charge in [0.1, 0.15) is 11.1 Å². The number of esters is 1. The number of benzene rings is 1. The Bertz CT molecular complexity index is 392. The molecule has 0 saturated carbocycles. The second-order valence-corrected chi connectivity index (χ2v) is 4.71. The zero-order valence-corrected chi connectivity index (χ0v) is 11.7. The zero-order chi connectivity index (χ0) is 13.5. The Morgan fingerprint density at radius 2 is 2.17 bits per heavy atom.